The van der Waals surface area contributed by atoms with E-state index in [1.165, 1.54) is 19.3 Å². The topological polar surface area (TPSA) is 18.5 Å². The fourth-order valence-electron chi connectivity index (χ4n) is 2.18. The number of hydrogen-bond donors (Lipinski definition) is 0. The van der Waals surface area contributed by atoms with Crippen LogP contribution in [0.4, 0.5) is 0 Å². The second-order valence-electron chi connectivity index (χ2n) is 3.95. The van der Waals surface area contributed by atoms with Crippen LogP contribution in [0.3, 0.4) is 0 Å². The summed E-state index contributed by atoms with van der Waals surface area (Å²) >= 11 is 3.46. The largest absolute Gasteiger partial charge is 0.381 e. The van der Waals surface area contributed by atoms with Crippen LogP contribution in [-0.2, 0) is 9.47 Å². The first-order chi connectivity index (χ1) is 5.85. The molecule has 0 N–H and O–H groups in total. The third kappa shape index (κ3) is 1.68. The molecule has 2 nitrogen and oxygen atoms in total. The van der Waals surface area contributed by atoms with Crippen molar-refractivity contribution in [1.29, 1.82) is 0 Å². The minimum atomic E-state index is 0.372. The van der Waals surface area contributed by atoms with Gasteiger partial charge in [0.25, 0.3) is 0 Å². The van der Waals surface area contributed by atoms with E-state index in [1.54, 1.807) is 0 Å². The fourth-order valence-corrected chi connectivity index (χ4v) is 2.60. The highest BCUT2D eigenvalue weighted by molar-refractivity contribution is 9.09. The second-order valence-corrected chi connectivity index (χ2v) is 4.60. The Bertz CT molecular complexity index is 155. The molecule has 3 heteroatoms. The Labute approximate surface area is 81.7 Å². The van der Waals surface area contributed by atoms with Gasteiger partial charge in [0.1, 0.15) is 0 Å². The molecule has 0 bridgehead atoms. The van der Waals surface area contributed by atoms with Crippen LogP contribution < -0.4 is 0 Å². The van der Waals surface area contributed by atoms with E-state index < -0.39 is 0 Å². The molecule has 2 fully saturated rings. The van der Waals surface area contributed by atoms with Crippen molar-refractivity contribution in [3.05, 3.63) is 0 Å². The van der Waals surface area contributed by atoms with Crippen molar-refractivity contribution < 1.29 is 9.47 Å². The summed E-state index contributed by atoms with van der Waals surface area (Å²) in [6.45, 7) is 2.76. The molecular formula is C9H15BrO2. The number of rotatable bonds is 1. The zero-order chi connectivity index (χ0) is 8.44. The van der Waals surface area contributed by atoms with Gasteiger partial charge in [-0.25, -0.2) is 0 Å². The maximum atomic E-state index is 5.67. The van der Waals surface area contributed by atoms with Gasteiger partial charge in [0.2, 0.25) is 0 Å². The Morgan fingerprint density at radius 2 is 2.33 bits per heavy atom. The third-order valence-corrected chi connectivity index (χ3v) is 3.58. The van der Waals surface area contributed by atoms with Crippen molar-refractivity contribution in [2.24, 2.45) is 5.41 Å². The summed E-state index contributed by atoms with van der Waals surface area (Å²) in [4.78, 5) is 0. The van der Waals surface area contributed by atoms with Gasteiger partial charge in [-0.3, -0.25) is 0 Å². The van der Waals surface area contributed by atoms with Gasteiger partial charge in [-0.15, -0.1) is 0 Å². The summed E-state index contributed by atoms with van der Waals surface area (Å²) in [5.74, 6) is 0. The van der Waals surface area contributed by atoms with E-state index in [1.807, 2.05) is 0 Å². The molecule has 2 rings (SSSR count). The van der Waals surface area contributed by atoms with Crippen LogP contribution in [0.1, 0.15) is 19.3 Å². The number of hydrogen-bond acceptors (Lipinski definition) is 2. The smallest absolute Gasteiger partial charge is 0.0679 e. The molecule has 0 aliphatic carbocycles. The van der Waals surface area contributed by atoms with Gasteiger partial charge in [-0.05, 0) is 19.3 Å². The van der Waals surface area contributed by atoms with Crippen LogP contribution in [0.25, 0.3) is 0 Å². The lowest BCUT2D eigenvalue weighted by Crippen LogP contribution is -2.32. The lowest BCUT2D eigenvalue weighted by molar-refractivity contribution is -0.0132. The van der Waals surface area contributed by atoms with Crippen molar-refractivity contribution >= 4 is 15.9 Å². The Morgan fingerprint density at radius 1 is 1.42 bits per heavy atom. The Balaban J connectivity index is 1.94. The van der Waals surface area contributed by atoms with Crippen LogP contribution in [0, 0.1) is 5.41 Å². The van der Waals surface area contributed by atoms with Crippen molar-refractivity contribution in [3.63, 3.8) is 0 Å². The van der Waals surface area contributed by atoms with E-state index in [-0.39, 0.29) is 0 Å². The van der Waals surface area contributed by atoms with Crippen LogP contribution >= 0.6 is 15.9 Å². The molecule has 2 aliphatic rings. The van der Waals surface area contributed by atoms with E-state index in [0.29, 0.717) is 11.5 Å². The lowest BCUT2D eigenvalue weighted by Gasteiger charge is -2.31. The predicted octanol–water partition coefficient (Wildman–Crippen LogP) is 1.97. The third-order valence-electron chi connectivity index (χ3n) is 2.86. The molecule has 1 spiro atoms. The molecule has 2 atom stereocenters. The Morgan fingerprint density at radius 3 is 2.92 bits per heavy atom. The molecule has 0 radical (unpaired) electrons. The first kappa shape index (κ1) is 8.97. The normalized spacial score (nSPS) is 42.2. The molecule has 0 aromatic carbocycles. The molecule has 0 aromatic heterocycles. The number of halogens is 1. The van der Waals surface area contributed by atoms with E-state index in [9.17, 15) is 0 Å². The number of ether oxygens (including phenoxy) is 2. The highest BCUT2D eigenvalue weighted by atomic mass is 79.9. The SMILES string of the molecule is BrC[C@H]1C[C@]2(CCCOC2)CO1. The van der Waals surface area contributed by atoms with Gasteiger partial charge >= 0.3 is 0 Å². The molecule has 0 unspecified atom stereocenters. The monoisotopic (exact) mass is 234 g/mol. The van der Waals surface area contributed by atoms with Crippen LogP contribution in [-0.4, -0.2) is 31.3 Å². The molecule has 2 saturated heterocycles. The van der Waals surface area contributed by atoms with Gasteiger partial charge in [0, 0.05) is 17.4 Å². The Kier molecular flexibility index (Phi) is 2.72. The molecule has 0 saturated carbocycles. The molecule has 0 amide bonds. The minimum Gasteiger partial charge on any atom is -0.381 e. The second kappa shape index (κ2) is 3.64. The summed E-state index contributed by atoms with van der Waals surface area (Å²) in [5, 5.41) is 0.967. The van der Waals surface area contributed by atoms with Crippen LogP contribution in [0.2, 0.25) is 0 Å². The average molecular weight is 235 g/mol. The molecule has 2 aliphatic heterocycles. The van der Waals surface area contributed by atoms with E-state index in [4.69, 9.17) is 9.47 Å². The summed E-state index contributed by atoms with van der Waals surface area (Å²) in [7, 11) is 0. The quantitative estimate of drug-likeness (QED) is 0.647. The maximum absolute atomic E-state index is 5.67. The van der Waals surface area contributed by atoms with Gasteiger partial charge in [0.05, 0.1) is 19.3 Å². The van der Waals surface area contributed by atoms with Crippen molar-refractivity contribution in [2.45, 2.75) is 25.4 Å². The first-order valence-corrected chi connectivity index (χ1v) is 5.72. The molecule has 70 valence electrons. The van der Waals surface area contributed by atoms with Gasteiger partial charge < -0.3 is 9.47 Å². The van der Waals surface area contributed by atoms with Gasteiger partial charge in [-0.2, -0.15) is 0 Å². The average Bonchev–Trinajstić information content (AvgIpc) is 2.50. The Hall–Kier alpha value is 0.400. The van der Waals surface area contributed by atoms with Gasteiger partial charge in [-0.1, -0.05) is 15.9 Å². The lowest BCUT2D eigenvalue weighted by atomic mass is 9.81. The highest BCUT2D eigenvalue weighted by Gasteiger charge is 2.41. The molecular weight excluding hydrogens is 220 g/mol. The number of alkyl halides is 1. The predicted molar refractivity (Wildman–Crippen MR) is 50.6 cm³/mol. The van der Waals surface area contributed by atoms with E-state index in [0.717, 1.165) is 25.2 Å². The van der Waals surface area contributed by atoms with Crippen LogP contribution in [0.5, 0.6) is 0 Å². The van der Waals surface area contributed by atoms with Crippen molar-refractivity contribution in [2.75, 3.05) is 25.2 Å². The summed E-state index contributed by atoms with van der Waals surface area (Å²) < 4.78 is 11.2. The van der Waals surface area contributed by atoms with Crippen molar-refractivity contribution in [3.8, 4) is 0 Å². The fraction of sp³-hybridized carbons (Fsp3) is 1.00. The zero-order valence-electron chi connectivity index (χ0n) is 7.22. The summed E-state index contributed by atoms with van der Waals surface area (Å²) in [5.41, 5.74) is 0.372. The zero-order valence-corrected chi connectivity index (χ0v) is 8.81. The first-order valence-electron chi connectivity index (χ1n) is 4.60. The standard InChI is InChI=1S/C9H15BrO2/c10-5-8-4-9(7-12-8)2-1-3-11-6-9/h8H,1-7H2/t8-,9+/m1/s1. The minimum absolute atomic E-state index is 0.372. The van der Waals surface area contributed by atoms with E-state index in [2.05, 4.69) is 15.9 Å². The summed E-state index contributed by atoms with van der Waals surface area (Å²) in [6.07, 6.45) is 4.10. The van der Waals surface area contributed by atoms with E-state index >= 15 is 0 Å². The molecule has 0 aromatic rings. The maximum Gasteiger partial charge on any atom is 0.0679 e. The van der Waals surface area contributed by atoms with Crippen molar-refractivity contribution in [1.82, 2.24) is 0 Å². The highest BCUT2D eigenvalue weighted by Crippen LogP contribution is 2.39. The van der Waals surface area contributed by atoms with Crippen LogP contribution in [0.15, 0.2) is 0 Å². The van der Waals surface area contributed by atoms with Gasteiger partial charge in [0.15, 0.2) is 0 Å². The molecule has 12 heavy (non-hydrogen) atoms. The molecule has 2 heterocycles. The summed E-state index contributed by atoms with van der Waals surface area (Å²) in [6, 6.07) is 0.